The molecule has 1 saturated carbocycles. The molecule has 1 spiro atoms. The summed E-state index contributed by atoms with van der Waals surface area (Å²) in [5, 5.41) is 10.9. The van der Waals surface area contributed by atoms with Crippen LogP contribution in [0, 0.1) is 5.92 Å². The Bertz CT molecular complexity index is 961. The molecule has 0 bridgehead atoms. The van der Waals surface area contributed by atoms with Crippen LogP contribution in [0.1, 0.15) is 44.7 Å². The van der Waals surface area contributed by atoms with E-state index in [1.807, 2.05) is 59.9 Å². The first-order chi connectivity index (χ1) is 17.7. The van der Waals surface area contributed by atoms with Gasteiger partial charge in [0.05, 0.1) is 36.1 Å². The molecule has 2 aromatic rings. The van der Waals surface area contributed by atoms with Gasteiger partial charge in [-0.1, -0.05) is 81.4 Å². The zero-order chi connectivity index (χ0) is 26.5. The third-order valence-corrected chi connectivity index (χ3v) is 16.3. The van der Waals surface area contributed by atoms with Gasteiger partial charge in [0.1, 0.15) is 6.10 Å². The Hall–Kier alpha value is -0.803. The number of rotatable bonds is 9. The molecule has 37 heavy (non-hydrogen) atoms. The summed E-state index contributed by atoms with van der Waals surface area (Å²) in [5.74, 6) is 2.18. The SMILES string of the molecule is CC(C)(C)[Si](C)(C)O[C@@H]1CC2(SCCCS2)[C@@H](CO)[C@@H](OCc2ccccc2)[C@@H]1OCc1ccccc1. The average Bonchev–Trinajstić information content (AvgIpc) is 2.88. The van der Waals surface area contributed by atoms with Gasteiger partial charge in [-0.05, 0) is 53.6 Å². The Morgan fingerprint density at radius 2 is 1.38 bits per heavy atom. The molecular weight excluding hydrogens is 517 g/mol. The maximum atomic E-state index is 10.8. The molecule has 4 nitrogen and oxygen atoms in total. The Morgan fingerprint density at radius 1 is 0.865 bits per heavy atom. The lowest BCUT2D eigenvalue weighted by Gasteiger charge is -2.55. The Morgan fingerprint density at radius 3 is 1.86 bits per heavy atom. The van der Waals surface area contributed by atoms with Crippen LogP contribution in [0.3, 0.4) is 0 Å². The second-order valence-electron chi connectivity index (χ2n) is 11.8. The van der Waals surface area contributed by atoms with E-state index in [9.17, 15) is 5.11 Å². The van der Waals surface area contributed by atoms with Gasteiger partial charge in [-0.25, -0.2) is 0 Å². The summed E-state index contributed by atoms with van der Waals surface area (Å²) in [6.45, 7) is 12.6. The molecule has 1 N–H and O–H groups in total. The summed E-state index contributed by atoms with van der Waals surface area (Å²) in [6.07, 6.45) is 1.45. The summed E-state index contributed by atoms with van der Waals surface area (Å²) in [7, 11) is -2.09. The molecule has 2 aliphatic rings. The van der Waals surface area contributed by atoms with Gasteiger partial charge < -0.3 is 19.0 Å². The van der Waals surface area contributed by atoms with Crippen LogP contribution in [0.5, 0.6) is 0 Å². The normalized spacial score (nSPS) is 26.3. The molecule has 0 unspecified atom stereocenters. The van der Waals surface area contributed by atoms with Gasteiger partial charge >= 0.3 is 0 Å². The number of thioether (sulfide) groups is 2. The van der Waals surface area contributed by atoms with Crippen molar-refractivity contribution in [3.05, 3.63) is 71.8 Å². The van der Waals surface area contributed by atoms with Crippen LogP contribution in [-0.4, -0.2) is 53.9 Å². The summed E-state index contributed by atoms with van der Waals surface area (Å²) >= 11 is 4.00. The molecule has 2 fully saturated rings. The fourth-order valence-electron chi connectivity index (χ4n) is 5.01. The molecule has 1 heterocycles. The zero-order valence-electron chi connectivity index (χ0n) is 23.0. The van der Waals surface area contributed by atoms with Crippen LogP contribution in [0.25, 0.3) is 0 Å². The van der Waals surface area contributed by atoms with Gasteiger partial charge in [0.15, 0.2) is 8.32 Å². The first-order valence-electron chi connectivity index (χ1n) is 13.5. The molecular formula is C30H44O4S2Si. The predicted molar refractivity (Wildman–Crippen MR) is 160 cm³/mol. The minimum Gasteiger partial charge on any atom is -0.411 e. The maximum absolute atomic E-state index is 10.8. The van der Waals surface area contributed by atoms with Crippen LogP contribution in [-0.2, 0) is 27.1 Å². The first-order valence-corrected chi connectivity index (χ1v) is 18.4. The lowest BCUT2D eigenvalue weighted by Crippen LogP contribution is -2.62. The second-order valence-corrected chi connectivity index (χ2v) is 19.7. The third-order valence-electron chi connectivity index (χ3n) is 8.14. The molecule has 204 valence electrons. The zero-order valence-corrected chi connectivity index (χ0v) is 25.7. The van der Waals surface area contributed by atoms with Crippen LogP contribution in [0.15, 0.2) is 60.7 Å². The molecule has 4 rings (SSSR count). The van der Waals surface area contributed by atoms with E-state index in [-0.39, 0.29) is 40.0 Å². The lowest BCUT2D eigenvalue weighted by atomic mass is 9.81. The van der Waals surface area contributed by atoms with E-state index in [2.05, 4.69) is 58.1 Å². The van der Waals surface area contributed by atoms with Crippen molar-refractivity contribution in [1.82, 2.24) is 0 Å². The molecule has 0 amide bonds. The quantitative estimate of drug-likeness (QED) is 0.329. The van der Waals surface area contributed by atoms with Crippen LogP contribution >= 0.6 is 23.5 Å². The molecule has 2 aromatic carbocycles. The minimum atomic E-state index is -2.09. The standard InChI is InChI=1S/C30H44O4S2Si/c1-29(2,3)37(4,5)34-26-19-30(35-17-12-18-36-30)25(20-31)27(32-21-23-13-8-6-9-14-23)28(26)33-22-24-15-10-7-11-16-24/h6-11,13-16,25-28,31H,12,17-22H2,1-5H3/t25-,26+,27+,28+/m0/s1. The highest BCUT2D eigenvalue weighted by Crippen LogP contribution is 2.57. The maximum Gasteiger partial charge on any atom is 0.192 e. The van der Waals surface area contributed by atoms with E-state index >= 15 is 0 Å². The fourth-order valence-corrected chi connectivity index (χ4v) is 10.0. The summed E-state index contributed by atoms with van der Waals surface area (Å²) in [6, 6.07) is 20.6. The van der Waals surface area contributed by atoms with Crippen molar-refractivity contribution >= 4 is 31.8 Å². The van der Waals surface area contributed by atoms with E-state index in [4.69, 9.17) is 13.9 Å². The van der Waals surface area contributed by atoms with Crippen molar-refractivity contribution in [1.29, 1.82) is 0 Å². The lowest BCUT2D eigenvalue weighted by molar-refractivity contribution is -0.173. The van der Waals surface area contributed by atoms with Gasteiger partial charge in [-0.15, -0.1) is 23.5 Å². The predicted octanol–water partition coefficient (Wildman–Crippen LogP) is 7.13. The van der Waals surface area contributed by atoms with E-state index in [1.165, 1.54) is 6.42 Å². The Kier molecular flexibility index (Phi) is 9.92. The van der Waals surface area contributed by atoms with Crippen molar-refractivity contribution in [2.45, 2.75) is 87.3 Å². The van der Waals surface area contributed by atoms with E-state index in [1.54, 1.807) is 0 Å². The highest BCUT2D eigenvalue weighted by molar-refractivity contribution is 8.18. The van der Waals surface area contributed by atoms with Crippen LogP contribution < -0.4 is 0 Å². The van der Waals surface area contributed by atoms with Crippen LogP contribution in [0.4, 0.5) is 0 Å². The van der Waals surface area contributed by atoms with E-state index in [0.29, 0.717) is 13.2 Å². The number of aliphatic hydroxyl groups excluding tert-OH is 1. The third kappa shape index (κ3) is 7.05. The average molecular weight is 561 g/mol. The van der Waals surface area contributed by atoms with Gasteiger partial charge in [0.2, 0.25) is 0 Å². The number of aliphatic hydroxyl groups is 1. The van der Waals surface area contributed by atoms with Gasteiger partial charge in [0.25, 0.3) is 0 Å². The van der Waals surface area contributed by atoms with Crippen LogP contribution in [0.2, 0.25) is 18.1 Å². The first kappa shape index (κ1) is 29.2. The number of ether oxygens (including phenoxy) is 2. The topological polar surface area (TPSA) is 47.9 Å². The summed E-state index contributed by atoms with van der Waals surface area (Å²) < 4.78 is 20.5. The van der Waals surface area contributed by atoms with Crippen molar-refractivity contribution in [3.8, 4) is 0 Å². The molecule has 0 radical (unpaired) electrons. The molecule has 1 aliphatic heterocycles. The largest absolute Gasteiger partial charge is 0.411 e. The minimum absolute atomic E-state index is 0.0356. The number of hydrogen-bond acceptors (Lipinski definition) is 6. The molecule has 1 aliphatic carbocycles. The Balaban J connectivity index is 1.69. The monoisotopic (exact) mass is 560 g/mol. The van der Waals surface area contributed by atoms with Crippen molar-refractivity contribution in [2.24, 2.45) is 5.92 Å². The van der Waals surface area contributed by atoms with E-state index in [0.717, 1.165) is 29.1 Å². The van der Waals surface area contributed by atoms with Crippen molar-refractivity contribution in [2.75, 3.05) is 18.1 Å². The van der Waals surface area contributed by atoms with Crippen molar-refractivity contribution in [3.63, 3.8) is 0 Å². The molecule has 0 aromatic heterocycles. The van der Waals surface area contributed by atoms with Crippen molar-refractivity contribution < 1.29 is 19.0 Å². The smallest absolute Gasteiger partial charge is 0.192 e. The van der Waals surface area contributed by atoms with E-state index < -0.39 is 8.32 Å². The van der Waals surface area contributed by atoms with Gasteiger partial charge in [-0.2, -0.15) is 0 Å². The molecule has 1 saturated heterocycles. The second kappa shape index (κ2) is 12.6. The fraction of sp³-hybridized carbons (Fsp3) is 0.600. The molecule has 4 atom stereocenters. The summed E-state index contributed by atoms with van der Waals surface area (Å²) in [4.78, 5) is 0. The van der Waals surface area contributed by atoms with Gasteiger partial charge in [0, 0.05) is 5.92 Å². The number of hydrogen-bond donors (Lipinski definition) is 1. The molecule has 7 heteroatoms. The van der Waals surface area contributed by atoms with Gasteiger partial charge in [-0.3, -0.25) is 0 Å². The summed E-state index contributed by atoms with van der Waals surface area (Å²) in [5.41, 5.74) is 2.27. The number of benzene rings is 2. The highest BCUT2D eigenvalue weighted by Gasteiger charge is 2.57. The highest BCUT2D eigenvalue weighted by atomic mass is 32.2. The Labute approximate surface area is 233 Å².